The van der Waals surface area contributed by atoms with E-state index < -0.39 is 15.6 Å². The van der Waals surface area contributed by atoms with Crippen LogP contribution in [0.25, 0.3) is 0 Å². The molecule has 1 aliphatic carbocycles. The minimum atomic E-state index is -3.75. The molecule has 0 aromatic heterocycles. The van der Waals surface area contributed by atoms with Gasteiger partial charge in [0.25, 0.3) is 0 Å². The minimum absolute atomic E-state index is 0.0217. The van der Waals surface area contributed by atoms with Gasteiger partial charge < -0.3 is 5.11 Å². The van der Waals surface area contributed by atoms with Crippen molar-refractivity contribution in [3.63, 3.8) is 0 Å². The highest BCUT2D eigenvalue weighted by molar-refractivity contribution is 7.89. The van der Waals surface area contributed by atoms with Crippen molar-refractivity contribution in [3.05, 3.63) is 28.2 Å². The first-order valence-corrected chi connectivity index (χ1v) is 8.72. The van der Waals surface area contributed by atoms with Gasteiger partial charge in [0.15, 0.2) is 0 Å². The Morgan fingerprint density at radius 2 is 1.65 bits per heavy atom. The zero-order valence-corrected chi connectivity index (χ0v) is 13.2. The molecule has 0 amide bonds. The van der Waals surface area contributed by atoms with Gasteiger partial charge >= 0.3 is 0 Å². The van der Waals surface area contributed by atoms with E-state index in [1.807, 2.05) is 0 Å². The van der Waals surface area contributed by atoms with Gasteiger partial charge in [-0.2, -0.15) is 0 Å². The van der Waals surface area contributed by atoms with Crippen LogP contribution in [0.15, 0.2) is 23.1 Å². The summed E-state index contributed by atoms with van der Waals surface area (Å²) in [6.07, 6.45) is 4.14. The van der Waals surface area contributed by atoms with Gasteiger partial charge in [0.05, 0.1) is 17.0 Å². The van der Waals surface area contributed by atoms with Crippen molar-refractivity contribution in [2.45, 2.75) is 42.5 Å². The summed E-state index contributed by atoms with van der Waals surface area (Å²) in [6.45, 7) is -0.208. The molecule has 0 heterocycles. The zero-order chi connectivity index (χ0) is 14.8. The SMILES string of the molecule is O=S(=O)(NC1(CO)CCCCC1)c1cc(Cl)cc(Cl)c1. The van der Waals surface area contributed by atoms with Gasteiger partial charge in [-0.15, -0.1) is 0 Å². The molecule has 20 heavy (non-hydrogen) atoms. The third kappa shape index (κ3) is 3.65. The standard InChI is InChI=1S/C13H17Cl2NO3S/c14-10-6-11(15)8-12(7-10)20(18,19)16-13(9-17)4-2-1-3-5-13/h6-8,16-17H,1-5,9H2. The van der Waals surface area contributed by atoms with E-state index in [2.05, 4.69) is 4.72 Å². The maximum absolute atomic E-state index is 12.4. The molecule has 2 N–H and O–H groups in total. The number of rotatable bonds is 4. The van der Waals surface area contributed by atoms with E-state index in [1.54, 1.807) is 0 Å². The van der Waals surface area contributed by atoms with Crippen LogP contribution in [0.1, 0.15) is 32.1 Å². The number of nitrogens with one attached hydrogen (secondary N) is 1. The highest BCUT2D eigenvalue weighted by Gasteiger charge is 2.36. The smallest absolute Gasteiger partial charge is 0.241 e. The van der Waals surface area contributed by atoms with E-state index in [9.17, 15) is 13.5 Å². The predicted octanol–water partition coefficient (Wildman–Crippen LogP) is 2.97. The molecule has 1 fully saturated rings. The first kappa shape index (κ1) is 16.0. The molecule has 0 aliphatic heterocycles. The van der Waals surface area contributed by atoms with Crippen LogP contribution in [0.5, 0.6) is 0 Å². The first-order chi connectivity index (χ1) is 9.37. The Bertz CT molecular complexity index is 563. The van der Waals surface area contributed by atoms with Crippen LogP contribution in [-0.2, 0) is 10.0 Å². The van der Waals surface area contributed by atoms with Crippen LogP contribution in [0.4, 0.5) is 0 Å². The van der Waals surface area contributed by atoms with Crippen LogP contribution in [0.2, 0.25) is 10.0 Å². The first-order valence-electron chi connectivity index (χ1n) is 6.48. The number of aliphatic hydroxyl groups excluding tert-OH is 1. The van der Waals surface area contributed by atoms with E-state index >= 15 is 0 Å². The Kier molecular flexibility index (Phi) is 4.97. The minimum Gasteiger partial charge on any atom is -0.394 e. The number of hydrogen-bond donors (Lipinski definition) is 2. The van der Waals surface area contributed by atoms with E-state index in [0.717, 1.165) is 19.3 Å². The van der Waals surface area contributed by atoms with Gasteiger partial charge in [0, 0.05) is 10.0 Å². The molecule has 1 aromatic carbocycles. The molecule has 1 aromatic rings. The maximum Gasteiger partial charge on any atom is 0.241 e. The van der Waals surface area contributed by atoms with Crippen molar-refractivity contribution in [2.24, 2.45) is 0 Å². The maximum atomic E-state index is 12.4. The Hall–Kier alpha value is -0.330. The Morgan fingerprint density at radius 1 is 1.10 bits per heavy atom. The van der Waals surface area contributed by atoms with Crippen LogP contribution >= 0.6 is 23.2 Å². The molecule has 0 atom stereocenters. The molecule has 0 spiro atoms. The van der Waals surface area contributed by atoms with Crippen molar-refractivity contribution in [1.29, 1.82) is 0 Å². The summed E-state index contributed by atoms with van der Waals surface area (Å²) in [6, 6.07) is 4.18. The number of hydrogen-bond acceptors (Lipinski definition) is 3. The average Bonchev–Trinajstić information content (AvgIpc) is 2.38. The average molecular weight is 338 g/mol. The summed E-state index contributed by atoms with van der Waals surface area (Å²) < 4.78 is 27.5. The molecule has 112 valence electrons. The fourth-order valence-corrected chi connectivity index (χ4v) is 4.72. The molecule has 4 nitrogen and oxygen atoms in total. The van der Waals surface area contributed by atoms with Crippen molar-refractivity contribution >= 4 is 33.2 Å². The van der Waals surface area contributed by atoms with Gasteiger partial charge in [-0.25, -0.2) is 13.1 Å². The quantitative estimate of drug-likeness (QED) is 0.887. The van der Waals surface area contributed by atoms with Gasteiger partial charge in [0.1, 0.15) is 0 Å². The topological polar surface area (TPSA) is 66.4 Å². The summed E-state index contributed by atoms with van der Waals surface area (Å²) in [4.78, 5) is 0.0217. The summed E-state index contributed by atoms with van der Waals surface area (Å²) in [5.41, 5.74) is -0.772. The predicted molar refractivity (Wildman–Crippen MR) is 79.7 cm³/mol. The lowest BCUT2D eigenvalue weighted by molar-refractivity contribution is 0.142. The molecule has 2 rings (SSSR count). The van der Waals surface area contributed by atoms with Crippen molar-refractivity contribution in [2.75, 3.05) is 6.61 Å². The third-order valence-corrected chi connectivity index (χ3v) is 5.61. The van der Waals surface area contributed by atoms with Crippen molar-refractivity contribution in [1.82, 2.24) is 4.72 Å². The molecule has 0 unspecified atom stereocenters. The molecule has 0 bridgehead atoms. The van der Waals surface area contributed by atoms with Crippen LogP contribution < -0.4 is 4.72 Å². The highest BCUT2D eigenvalue weighted by Crippen LogP contribution is 2.30. The lowest BCUT2D eigenvalue weighted by Gasteiger charge is -2.36. The van der Waals surface area contributed by atoms with E-state index in [4.69, 9.17) is 23.2 Å². The molecule has 7 heteroatoms. The fraction of sp³-hybridized carbons (Fsp3) is 0.538. The third-order valence-electron chi connectivity index (χ3n) is 3.61. The molecule has 1 saturated carbocycles. The molecule has 1 aliphatic rings. The number of sulfonamides is 1. The largest absolute Gasteiger partial charge is 0.394 e. The lowest BCUT2D eigenvalue weighted by atomic mass is 9.83. The van der Waals surface area contributed by atoms with E-state index in [1.165, 1.54) is 18.2 Å². The second-order valence-electron chi connectivity index (χ2n) is 5.21. The summed E-state index contributed by atoms with van der Waals surface area (Å²) >= 11 is 11.7. The monoisotopic (exact) mass is 337 g/mol. The van der Waals surface area contributed by atoms with Gasteiger partial charge in [-0.3, -0.25) is 0 Å². The summed E-state index contributed by atoms with van der Waals surface area (Å²) in [5, 5.41) is 10.1. The molecular formula is C13H17Cl2NO3S. The van der Waals surface area contributed by atoms with Crippen molar-refractivity contribution in [3.8, 4) is 0 Å². The Balaban J connectivity index is 2.30. The second kappa shape index (κ2) is 6.20. The highest BCUT2D eigenvalue weighted by atomic mass is 35.5. The molecular weight excluding hydrogens is 321 g/mol. The van der Waals surface area contributed by atoms with Crippen molar-refractivity contribution < 1.29 is 13.5 Å². The number of halogens is 2. The zero-order valence-electron chi connectivity index (χ0n) is 10.9. The molecule has 0 saturated heterocycles. The summed E-state index contributed by atoms with van der Waals surface area (Å²) in [5.74, 6) is 0. The Labute approximate surface area is 129 Å². The van der Waals surface area contributed by atoms with Crippen LogP contribution in [-0.4, -0.2) is 25.7 Å². The van der Waals surface area contributed by atoms with E-state index in [0.29, 0.717) is 12.8 Å². The van der Waals surface area contributed by atoms with E-state index in [-0.39, 0.29) is 21.5 Å². The fourth-order valence-electron chi connectivity index (χ4n) is 2.55. The normalized spacial score (nSPS) is 18.9. The second-order valence-corrected chi connectivity index (χ2v) is 7.77. The lowest BCUT2D eigenvalue weighted by Crippen LogP contribution is -2.52. The Morgan fingerprint density at radius 3 is 2.15 bits per heavy atom. The van der Waals surface area contributed by atoms with Gasteiger partial charge in [-0.05, 0) is 31.0 Å². The summed E-state index contributed by atoms with van der Waals surface area (Å²) in [7, 11) is -3.75. The van der Waals surface area contributed by atoms with Crippen LogP contribution in [0, 0.1) is 0 Å². The van der Waals surface area contributed by atoms with Gasteiger partial charge in [-0.1, -0.05) is 42.5 Å². The van der Waals surface area contributed by atoms with Crippen LogP contribution in [0.3, 0.4) is 0 Å². The molecule has 0 radical (unpaired) electrons. The van der Waals surface area contributed by atoms with Gasteiger partial charge in [0.2, 0.25) is 10.0 Å². The number of benzene rings is 1. The number of aliphatic hydroxyl groups is 1.